The third-order valence-electron chi connectivity index (χ3n) is 3.48. The standard InChI is InChI=1S/C14H19NO/c1-11(16)13-4-3-5-14(10-13)12-6-8-15(2)9-7-12/h3-5,10,12H,6-9H2,1-2H3. The molecule has 1 aliphatic rings. The third kappa shape index (κ3) is 2.50. The van der Waals surface area contributed by atoms with Crippen molar-refractivity contribution >= 4 is 5.78 Å². The number of hydrogen-bond donors (Lipinski definition) is 0. The van der Waals surface area contributed by atoms with Gasteiger partial charge in [-0.05, 0) is 57.5 Å². The Kier molecular flexibility index (Phi) is 3.39. The van der Waals surface area contributed by atoms with Crippen molar-refractivity contribution in [2.45, 2.75) is 25.7 Å². The molecule has 1 aromatic rings. The minimum Gasteiger partial charge on any atom is -0.306 e. The molecule has 1 saturated heterocycles. The van der Waals surface area contributed by atoms with Gasteiger partial charge in [-0.3, -0.25) is 4.79 Å². The van der Waals surface area contributed by atoms with Crippen molar-refractivity contribution in [3.8, 4) is 0 Å². The van der Waals surface area contributed by atoms with Gasteiger partial charge in [0.15, 0.2) is 5.78 Å². The summed E-state index contributed by atoms with van der Waals surface area (Å²) >= 11 is 0. The van der Waals surface area contributed by atoms with Crippen LogP contribution in [0.4, 0.5) is 0 Å². The Hall–Kier alpha value is -1.15. The molecule has 16 heavy (non-hydrogen) atoms. The van der Waals surface area contributed by atoms with E-state index in [0.29, 0.717) is 5.92 Å². The first kappa shape index (κ1) is 11.3. The minimum absolute atomic E-state index is 0.162. The second kappa shape index (κ2) is 4.79. The van der Waals surface area contributed by atoms with Crippen LogP contribution in [0.15, 0.2) is 24.3 Å². The molecule has 1 heterocycles. The number of hydrogen-bond acceptors (Lipinski definition) is 2. The van der Waals surface area contributed by atoms with Gasteiger partial charge in [0.1, 0.15) is 0 Å². The van der Waals surface area contributed by atoms with E-state index in [4.69, 9.17) is 0 Å². The van der Waals surface area contributed by atoms with E-state index >= 15 is 0 Å². The topological polar surface area (TPSA) is 20.3 Å². The van der Waals surface area contributed by atoms with E-state index in [1.165, 1.54) is 18.4 Å². The Morgan fingerprint density at radius 1 is 1.31 bits per heavy atom. The minimum atomic E-state index is 0.162. The van der Waals surface area contributed by atoms with E-state index in [1.54, 1.807) is 6.92 Å². The number of likely N-dealkylation sites (tertiary alicyclic amines) is 1. The van der Waals surface area contributed by atoms with Crippen molar-refractivity contribution in [2.24, 2.45) is 0 Å². The highest BCUT2D eigenvalue weighted by molar-refractivity contribution is 5.94. The summed E-state index contributed by atoms with van der Waals surface area (Å²) in [5.74, 6) is 0.797. The van der Waals surface area contributed by atoms with Gasteiger partial charge in [0.2, 0.25) is 0 Å². The third-order valence-corrected chi connectivity index (χ3v) is 3.48. The maximum atomic E-state index is 11.3. The summed E-state index contributed by atoms with van der Waals surface area (Å²) in [4.78, 5) is 13.7. The van der Waals surface area contributed by atoms with Crippen LogP contribution >= 0.6 is 0 Å². The lowest BCUT2D eigenvalue weighted by molar-refractivity contribution is 0.101. The zero-order valence-corrected chi connectivity index (χ0v) is 10.1. The van der Waals surface area contributed by atoms with Crippen molar-refractivity contribution in [3.05, 3.63) is 35.4 Å². The summed E-state index contributed by atoms with van der Waals surface area (Å²) in [7, 11) is 2.17. The van der Waals surface area contributed by atoms with Gasteiger partial charge in [0.25, 0.3) is 0 Å². The second-order valence-corrected chi connectivity index (χ2v) is 4.76. The molecule has 1 aromatic carbocycles. The van der Waals surface area contributed by atoms with Crippen LogP contribution in [-0.4, -0.2) is 30.8 Å². The Morgan fingerprint density at radius 3 is 2.62 bits per heavy atom. The summed E-state index contributed by atoms with van der Waals surface area (Å²) in [6.07, 6.45) is 2.41. The Bertz CT molecular complexity index is 378. The van der Waals surface area contributed by atoms with E-state index in [9.17, 15) is 4.79 Å². The molecular formula is C14H19NO. The van der Waals surface area contributed by atoms with Crippen LogP contribution in [-0.2, 0) is 0 Å². The molecular weight excluding hydrogens is 198 g/mol. The smallest absolute Gasteiger partial charge is 0.159 e. The summed E-state index contributed by atoms with van der Waals surface area (Å²) in [6, 6.07) is 8.13. The molecule has 0 aliphatic carbocycles. The van der Waals surface area contributed by atoms with E-state index in [0.717, 1.165) is 18.7 Å². The van der Waals surface area contributed by atoms with Gasteiger partial charge in [0.05, 0.1) is 0 Å². The SMILES string of the molecule is CC(=O)c1cccc(C2CCN(C)CC2)c1. The van der Waals surface area contributed by atoms with E-state index in [-0.39, 0.29) is 5.78 Å². The number of piperidine rings is 1. The van der Waals surface area contributed by atoms with Gasteiger partial charge in [-0.2, -0.15) is 0 Å². The maximum Gasteiger partial charge on any atom is 0.159 e. The summed E-state index contributed by atoms with van der Waals surface area (Å²) in [5.41, 5.74) is 2.18. The molecule has 0 aromatic heterocycles. The molecule has 0 atom stereocenters. The van der Waals surface area contributed by atoms with Crippen LogP contribution in [0, 0.1) is 0 Å². The Labute approximate surface area is 97.3 Å². The first-order valence-corrected chi connectivity index (χ1v) is 5.96. The Morgan fingerprint density at radius 2 is 2.00 bits per heavy atom. The van der Waals surface area contributed by atoms with Crippen molar-refractivity contribution < 1.29 is 4.79 Å². The number of ketones is 1. The van der Waals surface area contributed by atoms with Crippen LogP contribution in [0.1, 0.15) is 41.6 Å². The van der Waals surface area contributed by atoms with Gasteiger partial charge in [-0.1, -0.05) is 18.2 Å². The number of carbonyl (C=O) groups is 1. The number of carbonyl (C=O) groups excluding carboxylic acids is 1. The van der Waals surface area contributed by atoms with Crippen LogP contribution < -0.4 is 0 Å². The molecule has 1 aliphatic heterocycles. The predicted molar refractivity (Wildman–Crippen MR) is 65.9 cm³/mol. The predicted octanol–water partition coefficient (Wildman–Crippen LogP) is 2.70. The summed E-state index contributed by atoms with van der Waals surface area (Å²) in [5, 5.41) is 0. The molecule has 0 unspecified atom stereocenters. The number of nitrogens with zero attached hydrogens (tertiary/aromatic N) is 1. The molecule has 0 bridgehead atoms. The molecule has 0 radical (unpaired) electrons. The molecule has 0 saturated carbocycles. The fourth-order valence-corrected chi connectivity index (χ4v) is 2.35. The van der Waals surface area contributed by atoms with Gasteiger partial charge in [0, 0.05) is 5.56 Å². The van der Waals surface area contributed by atoms with E-state index in [1.807, 2.05) is 12.1 Å². The molecule has 1 fully saturated rings. The van der Waals surface area contributed by atoms with Crippen LogP contribution in [0.3, 0.4) is 0 Å². The molecule has 86 valence electrons. The molecule has 0 N–H and O–H groups in total. The van der Waals surface area contributed by atoms with Gasteiger partial charge < -0.3 is 4.90 Å². The first-order valence-electron chi connectivity index (χ1n) is 5.96. The van der Waals surface area contributed by atoms with Crippen LogP contribution in [0.5, 0.6) is 0 Å². The lowest BCUT2D eigenvalue weighted by atomic mass is 9.88. The average Bonchev–Trinajstić information content (AvgIpc) is 2.30. The van der Waals surface area contributed by atoms with E-state index < -0.39 is 0 Å². The lowest BCUT2D eigenvalue weighted by Gasteiger charge is -2.29. The first-order chi connectivity index (χ1) is 7.66. The van der Waals surface area contributed by atoms with Gasteiger partial charge in [-0.15, -0.1) is 0 Å². The van der Waals surface area contributed by atoms with Crippen molar-refractivity contribution in [1.82, 2.24) is 4.90 Å². The van der Waals surface area contributed by atoms with Gasteiger partial charge in [-0.25, -0.2) is 0 Å². The zero-order chi connectivity index (χ0) is 11.5. The molecule has 2 rings (SSSR count). The van der Waals surface area contributed by atoms with Crippen molar-refractivity contribution in [1.29, 1.82) is 0 Å². The Balaban J connectivity index is 2.14. The molecule has 2 nitrogen and oxygen atoms in total. The zero-order valence-electron chi connectivity index (χ0n) is 10.1. The quantitative estimate of drug-likeness (QED) is 0.710. The largest absolute Gasteiger partial charge is 0.306 e. The highest BCUT2D eigenvalue weighted by Crippen LogP contribution is 2.27. The average molecular weight is 217 g/mol. The van der Waals surface area contributed by atoms with Crippen LogP contribution in [0.2, 0.25) is 0 Å². The highest BCUT2D eigenvalue weighted by atomic mass is 16.1. The number of rotatable bonds is 2. The monoisotopic (exact) mass is 217 g/mol. The number of Topliss-reactive ketones (excluding diaryl/α,β-unsaturated/α-hetero) is 1. The fraction of sp³-hybridized carbons (Fsp3) is 0.500. The normalized spacial score (nSPS) is 18.6. The second-order valence-electron chi connectivity index (χ2n) is 4.76. The fourth-order valence-electron chi connectivity index (χ4n) is 2.35. The van der Waals surface area contributed by atoms with Crippen LogP contribution in [0.25, 0.3) is 0 Å². The van der Waals surface area contributed by atoms with E-state index in [2.05, 4.69) is 24.1 Å². The summed E-state index contributed by atoms with van der Waals surface area (Å²) < 4.78 is 0. The number of benzene rings is 1. The maximum absolute atomic E-state index is 11.3. The lowest BCUT2D eigenvalue weighted by Crippen LogP contribution is -2.29. The van der Waals surface area contributed by atoms with Crippen molar-refractivity contribution in [3.63, 3.8) is 0 Å². The molecule has 0 spiro atoms. The van der Waals surface area contributed by atoms with Gasteiger partial charge >= 0.3 is 0 Å². The molecule has 0 amide bonds. The summed E-state index contributed by atoms with van der Waals surface area (Å²) in [6.45, 7) is 3.96. The highest BCUT2D eigenvalue weighted by Gasteiger charge is 2.18. The molecule has 2 heteroatoms. The van der Waals surface area contributed by atoms with Crippen molar-refractivity contribution in [2.75, 3.05) is 20.1 Å².